The van der Waals surface area contributed by atoms with Gasteiger partial charge >= 0.3 is 0 Å². The number of carbonyl (C=O) groups excluding carboxylic acids is 1. The molecule has 1 heterocycles. The molecule has 0 aliphatic rings. The van der Waals surface area contributed by atoms with E-state index in [0.717, 1.165) is 0 Å². The van der Waals surface area contributed by atoms with Crippen LogP contribution in [0.2, 0.25) is 0 Å². The number of carbonyl (C=O) groups is 1. The molecule has 1 rings (SSSR count). The van der Waals surface area contributed by atoms with E-state index in [1.807, 2.05) is 6.92 Å². The van der Waals surface area contributed by atoms with E-state index in [2.05, 4.69) is 15.6 Å². The van der Waals surface area contributed by atoms with Gasteiger partial charge in [-0.05, 0) is 6.42 Å². The van der Waals surface area contributed by atoms with E-state index in [1.54, 1.807) is 7.05 Å². The zero-order valence-corrected chi connectivity index (χ0v) is 10.7. The SMILES string of the molecule is CCC(CCl)(CCl)NC(=O)c1cn(C)nn1. The molecule has 1 aromatic rings. The molecule has 0 bridgehead atoms. The molecule has 5 nitrogen and oxygen atoms in total. The summed E-state index contributed by atoms with van der Waals surface area (Å²) in [6, 6.07) is 0. The highest BCUT2D eigenvalue weighted by Crippen LogP contribution is 2.15. The summed E-state index contributed by atoms with van der Waals surface area (Å²) in [4.78, 5) is 11.8. The van der Waals surface area contributed by atoms with Gasteiger partial charge in [0.15, 0.2) is 5.69 Å². The molecule has 0 spiro atoms. The molecule has 0 unspecified atom stereocenters. The lowest BCUT2D eigenvalue weighted by atomic mass is 10.0. The third-order valence-electron chi connectivity index (χ3n) is 2.40. The van der Waals surface area contributed by atoms with Gasteiger partial charge in [0.2, 0.25) is 0 Å². The van der Waals surface area contributed by atoms with Gasteiger partial charge in [0, 0.05) is 18.8 Å². The number of alkyl halides is 2. The largest absolute Gasteiger partial charge is 0.343 e. The van der Waals surface area contributed by atoms with Crippen molar-refractivity contribution < 1.29 is 4.79 Å². The highest BCUT2D eigenvalue weighted by Gasteiger charge is 2.29. The van der Waals surface area contributed by atoms with E-state index in [4.69, 9.17) is 23.2 Å². The molecule has 90 valence electrons. The highest BCUT2D eigenvalue weighted by atomic mass is 35.5. The van der Waals surface area contributed by atoms with Gasteiger partial charge in [0.05, 0.1) is 11.7 Å². The van der Waals surface area contributed by atoms with Crippen LogP contribution in [0.1, 0.15) is 23.8 Å². The minimum absolute atomic E-state index is 0.260. The zero-order valence-electron chi connectivity index (χ0n) is 9.20. The summed E-state index contributed by atoms with van der Waals surface area (Å²) in [5, 5.41) is 10.2. The van der Waals surface area contributed by atoms with E-state index in [-0.39, 0.29) is 23.4 Å². The Bertz CT molecular complexity index is 354. The van der Waals surface area contributed by atoms with Crippen LogP contribution in [0.4, 0.5) is 0 Å². The smallest absolute Gasteiger partial charge is 0.273 e. The Morgan fingerprint density at radius 3 is 2.56 bits per heavy atom. The van der Waals surface area contributed by atoms with Gasteiger partial charge < -0.3 is 5.32 Å². The fourth-order valence-electron chi connectivity index (χ4n) is 1.14. The van der Waals surface area contributed by atoms with Crippen LogP contribution in [0.15, 0.2) is 6.20 Å². The van der Waals surface area contributed by atoms with Crippen molar-refractivity contribution in [3.05, 3.63) is 11.9 Å². The number of aryl methyl sites for hydroxylation is 1. The minimum Gasteiger partial charge on any atom is -0.343 e. The molecule has 0 aliphatic heterocycles. The topological polar surface area (TPSA) is 59.8 Å². The number of rotatable bonds is 5. The quantitative estimate of drug-likeness (QED) is 0.813. The lowest BCUT2D eigenvalue weighted by Gasteiger charge is -2.28. The highest BCUT2D eigenvalue weighted by molar-refractivity contribution is 6.22. The van der Waals surface area contributed by atoms with Crippen molar-refractivity contribution in [2.24, 2.45) is 7.05 Å². The fraction of sp³-hybridized carbons (Fsp3) is 0.667. The molecule has 1 amide bonds. The lowest BCUT2D eigenvalue weighted by Crippen LogP contribution is -2.51. The van der Waals surface area contributed by atoms with E-state index in [1.165, 1.54) is 10.9 Å². The van der Waals surface area contributed by atoms with Crippen molar-refractivity contribution >= 4 is 29.1 Å². The molecule has 0 aliphatic carbocycles. The van der Waals surface area contributed by atoms with Crippen LogP contribution in [-0.2, 0) is 7.05 Å². The van der Waals surface area contributed by atoms with Crippen LogP contribution >= 0.6 is 23.2 Å². The Hall–Kier alpha value is -0.810. The van der Waals surface area contributed by atoms with Crippen molar-refractivity contribution in [2.45, 2.75) is 18.9 Å². The molecular weight excluding hydrogens is 251 g/mol. The summed E-state index contributed by atoms with van der Waals surface area (Å²) >= 11 is 11.6. The Kier molecular flexibility index (Phi) is 4.56. The predicted octanol–water partition coefficient (Wildman–Crippen LogP) is 1.17. The molecule has 0 fully saturated rings. The van der Waals surface area contributed by atoms with Gasteiger partial charge in [0.25, 0.3) is 5.91 Å². The van der Waals surface area contributed by atoms with Crippen LogP contribution in [0.3, 0.4) is 0 Å². The molecule has 1 N–H and O–H groups in total. The van der Waals surface area contributed by atoms with Crippen molar-refractivity contribution in [2.75, 3.05) is 11.8 Å². The van der Waals surface area contributed by atoms with Gasteiger partial charge in [-0.25, -0.2) is 0 Å². The summed E-state index contributed by atoms with van der Waals surface area (Å²) in [6.45, 7) is 1.92. The number of nitrogens with one attached hydrogen (secondary N) is 1. The van der Waals surface area contributed by atoms with E-state index in [0.29, 0.717) is 6.42 Å². The van der Waals surface area contributed by atoms with Gasteiger partial charge in [-0.2, -0.15) is 0 Å². The van der Waals surface area contributed by atoms with Crippen LogP contribution < -0.4 is 5.32 Å². The summed E-state index contributed by atoms with van der Waals surface area (Å²) in [5.41, 5.74) is -0.326. The van der Waals surface area contributed by atoms with E-state index >= 15 is 0 Å². The molecule has 0 saturated carbocycles. The molecule has 0 atom stereocenters. The Labute approximate surface area is 104 Å². The molecule has 0 aromatic carbocycles. The predicted molar refractivity (Wildman–Crippen MR) is 62.9 cm³/mol. The molecule has 0 radical (unpaired) electrons. The summed E-state index contributed by atoms with van der Waals surface area (Å²) in [7, 11) is 1.69. The van der Waals surface area contributed by atoms with Crippen LogP contribution in [0.25, 0.3) is 0 Å². The standard InChI is InChI=1S/C9H14Cl2N4O/c1-3-9(5-10,6-11)12-8(16)7-4-15(2)14-13-7/h4H,3,5-6H2,1-2H3,(H,12,16). The van der Waals surface area contributed by atoms with Crippen LogP contribution in [-0.4, -0.2) is 38.2 Å². The second-order valence-electron chi connectivity index (χ2n) is 3.63. The van der Waals surface area contributed by atoms with E-state index < -0.39 is 5.54 Å². The van der Waals surface area contributed by atoms with E-state index in [9.17, 15) is 4.79 Å². The average Bonchev–Trinajstić information content (AvgIpc) is 2.73. The number of aromatic nitrogens is 3. The lowest BCUT2D eigenvalue weighted by molar-refractivity contribution is 0.0908. The van der Waals surface area contributed by atoms with Crippen LogP contribution in [0.5, 0.6) is 0 Å². The number of hydrogen-bond acceptors (Lipinski definition) is 3. The Balaban J connectivity index is 2.76. The minimum atomic E-state index is -0.586. The monoisotopic (exact) mass is 264 g/mol. The second-order valence-corrected chi connectivity index (χ2v) is 4.17. The average molecular weight is 265 g/mol. The molecule has 7 heteroatoms. The van der Waals surface area contributed by atoms with Crippen molar-refractivity contribution in [3.63, 3.8) is 0 Å². The first-order valence-electron chi connectivity index (χ1n) is 4.87. The third-order valence-corrected chi connectivity index (χ3v) is 3.43. The molecule has 1 aromatic heterocycles. The molecule has 0 saturated heterocycles. The number of nitrogens with zero attached hydrogens (tertiary/aromatic N) is 3. The van der Waals surface area contributed by atoms with Gasteiger partial charge in [-0.1, -0.05) is 12.1 Å². The summed E-state index contributed by atoms with van der Waals surface area (Å²) in [5.74, 6) is 0.217. The van der Waals surface area contributed by atoms with Crippen molar-refractivity contribution in [1.82, 2.24) is 20.3 Å². The first-order valence-corrected chi connectivity index (χ1v) is 5.94. The zero-order chi connectivity index (χ0) is 12.2. The maximum Gasteiger partial charge on any atom is 0.273 e. The number of hydrogen-bond donors (Lipinski definition) is 1. The second kappa shape index (κ2) is 5.50. The fourth-order valence-corrected chi connectivity index (χ4v) is 1.93. The Morgan fingerprint density at radius 1 is 1.56 bits per heavy atom. The van der Waals surface area contributed by atoms with Crippen molar-refractivity contribution in [3.8, 4) is 0 Å². The van der Waals surface area contributed by atoms with Gasteiger partial charge in [-0.15, -0.1) is 28.3 Å². The van der Waals surface area contributed by atoms with Gasteiger partial charge in [0.1, 0.15) is 0 Å². The maximum atomic E-state index is 11.8. The molecule has 16 heavy (non-hydrogen) atoms. The number of amides is 1. The normalized spacial score (nSPS) is 11.5. The maximum absolute atomic E-state index is 11.8. The first-order chi connectivity index (χ1) is 7.56. The van der Waals surface area contributed by atoms with Crippen molar-refractivity contribution in [1.29, 1.82) is 0 Å². The molecular formula is C9H14Cl2N4O. The third kappa shape index (κ3) is 2.86. The number of halogens is 2. The first kappa shape index (κ1) is 13.3. The van der Waals surface area contributed by atoms with Gasteiger partial charge in [-0.3, -0.25) is 9.48 Å². The summed E-state index contributed by atoms with van der Waals surface area (Å²) in [6.07, 6.45) is 2.20. The Morgan fingerprint density at radius 2 is 2.19 bits per heavy atom. The summed E-state index contributed by atoms with van der Waals surface area (Å²) < 4.78 is 1.46. The van der Waals surface area contributed by atoms with Crippen LogP contribution in [0, 0.1) is 0 Å².